The van der Waals surface area contributed by atoms with Crippen LogP contribution in [0.1, 0.15) is 20.7 Å². The second kappa shape index (κ2) is 6.03. The van der Waals surface area contributed by atoms with E-state index in [-0.39, 0.29) is 22.0 Å². The van der Waals surface area contributed by atoms with Gasteiger partial charge >= 0.3 is 5.97 Å². The number of nitrogens with one attached hydrogen (secondary N) is 1. The van der Waals surface area contributed by atoms with E-state index in [2.05, 4.69) is 5.32 Å². The molecule has 2 rings (SSSR count). The normalized spacial score (nSPS) is 10.2. The minimum Gasteiger partial charge on any atom is -0.478 e. The maximum absolute atomic E-state index is 12.1. The minimum absolute atomic E-state index is 0.0200. The van der Waals surface area contributed by atoms with Crippen molar-refractivity contribution < 1.29 is 14.7 Å². The van der Waals surface area contributed by atoms with Crippen LogP contribution in [0.5, 0.6) is 0 Å². The lowest BCUT2D eigenvalue weighted by atomic mass is 10.1. The van der Waals surface area contributed by atoms with Gasteiger partial charge in [0.1, 0.15) is 0 Å². The van der Waals surface area contributed by atoms with E-state index in [0.717, 1.165) is 0 Å². The Bertz CT molecular complexity index is 732. The number of carboxylic acid groups (broad SMARTS) is 1. The molecule has 0 fully saturated rings. The van der Waals surface area contributed by atoms with Gasteiger partial charge in [0.2, 0.25) is 0 Å². The number of hydrogen-bond acceptors (Lipinski definition) is 3. The SMILES string of the molecule is Nc1cc(C(=O)Nc2cc(Cl)cc(C(=O)O)c2)ccc1Cl. The molecule has 4 N–H and O–H groups in total. The molecule has 0 aromatic heterocycles. The summed E-state index contributed by atoms with van der Waals surface area (Å²) in [6.07, 6.45) is 0. The fourth-order valence-electron chi connectivity index (χ4n) is 1.67. The Morgan fingerprint density at radius 3 is 2.38 bits per heavy atom. The van der Waals surface area contributed by atoms with E-state index in [1.54, 1.807) is 0 Å². The van der Waals surface area contributed by atoms with Crippen LogP contribution in [-0.4, -0.2) is 17.0 Å². The lowest BCUT2D eigenvalue weighted by molar-refractivity contribution is 0.0696. The first-order chi connectivity index (χ1) is 9.86. The topological polar surface area (TPSA) is 92.4 Å². The molecule has 21 heavy (non-hydrogen) atoms. The summed E-state index contributed by atoms with van der Waals surface area (Å²) in [6, 6.07) is 8.50. The second-order valence-electron chi connectivity index (χ2n) is 4.22. The molecule has 0 heterocycles. The maximum Gasteiger partial charge on any atom is 0.335 e. The van der Waals surface area contributed by atoms with Crippen LogP contribution in [0.15, 0.2) is 36.4 Å². The number of anilines is 2. The standard InChI is InChI=1S/C14H10Cl2N2O3/c15-9-3-8(14(20)21)4-10(6-9)18-13(19)7-1-2-11(16)12(17)5-7/h1-6H,17H2,(H,18,19)(H,20,21). The van der Waals surface area contributed by atoms with Crippen LogP contribution < -0.4 is 11.1 Å². The number of benzene rings is 2. The van der Waals surface area contributed by atoms with Gasteiger partial charge in [-0.1, -0.05) is 23.2 Å². The van der Waals surface area contributed by atoms with Gasteiger partial charge < -0.3 is 16.2 Å². The quantitative estimate of drug-likeness (QED) is 0.753. The number of carboxylic acids is 1. The van der Waals surface area contributed by atoms with Crippen molar-refractivity contribution in [3.05, 3.63) is 57.6 Å². The molecule has 0 aliphatic carbocycles. The number of nitrogen functional groups attached to an aromatic ring is 1. The molecule has 0 atom stereocenters. The van der Waals surface area contributed by atoms with Gasteiger partial charge in [-0.3, -0.25) is 4.79 Å². The average Bonchev–Trinajstić information content (AvgIpc) is 2.41. The predicted molar refractivity (Wildman–Crippen MR) is 82.2 cm³/mol. The summed E-state index contributed by atoms with van der Waals surface area (Å²) in [7, 11) is 0. The van der Waals surface area contributed by atoms with E-state index in [9.17, 15) is 9.59 Å². The maximum atomic E-state index is 12.1. The Hall–Kier alpha value is -2.24. The van der Waals surface area contributed by atoms with Gasteiger partial charge in [-0.05, 0) is 36.4 Å². The third kappa shape index (κ3) is 3.65. The molecule has 7 heteroatoms. The number of carbonyl (C=O) groups is 2. The van der Waals surface area contributed by atoms with Crippen molar-refractivity contribution >= 4 is 46.5 Å². The van der Waals surface area contributed by atoms with Crippen LogP contribution in [0, 0.1) is 0 Å². The number of hydrogen-bond donors (Lipinski definition) is 3. The van der Waals surface area contributed by atoms with E-state index in [1.165, 1.54) is 36.4 Å². The number of rotatable bonds is 3. The third-order valence-electron chi connectivity index (χ3n) is 2.66. The number of halogens is 2. The summed E-state index contributed by atoms with van der Waals surface area (Å²) in [5.41, 5.74) is 6.46. The average molecular weight is 325 g/mol. The first kappa shape index (κ1) is 15.2. The largest absolute Gasteiger partial charge is 0.478 e. The summed E-state index contributed by atoms with van der Waals surface area (Å²) >= 11 is 11.6. The summed E-state index contributed by atoms with van der Waals surface area (Å²) in [6.45, 7) is 0. The molecule has 108 valence electrons. The molecule has 0 spiro atoms. The van der Waals surface area contributed by atoms with E-state index in [1.807, 2.05) is 0 Å². The highest BCUT2D eigenvalue weighted by atomic mass is 35.5. The van der Waals surface area contributed by atoms with Crippen molar-refractivity contribution in [1.29, 1.82) is 0 Å². The molecule has 0 aliphatic rings. The summed E-state index contributed by atoms with van der Waals surface area (Å²) in [5, 5.41) is 12.1. The molecule has 0 radical (unpaired) electrons. The van der Waals surface area contributed by atoms with Gasteiger partial charge in [0.15, 0.2) is 0 Å². The van der Waals surface area contributed by atoms with Gasteiger partial charge in [-0.15, -0.1) is 0 Å². The van der Waals surface area contributed by atoms with Crippen LogP contribution in [0.2, 0.25) is 10.0 Å². The third-order valence-corrected chi connectivity index (χ3v) is 3.22. The molecule has 1 amide bonds. The molecule has 0 saturated carbocycles. The van der Waals surface area contributed by atoms with Gasteiger partial charge in [-0.2, -0.15) is 0 Å². The highest BCUT2D eigenvalue weighted by molar-refractivity contribution is 6.33. The second-order valence-corrected chi connectivity index (χ2v) is 5.07. The number of carbonyl (C=O) groups excluding carboxylic acids is 1. The summed E-state index contributed by atoms with van der Waals surface area (Å²) in [5.74, 6) is -1.58. The monoisotopic (exact) mass is 324 g/mol. The van der Waals surface area contributed by atoms with E-state index in [0.29, 0.717) is 10.6 Å². The Labute approximate surface area is 130 Å². The lowest BCUT2D eigenvalue weighted by Gasteiger charge is -2.08. The molecule has 0 bridgehead atoms. The van der Waals surface area contributed by atoms with E-state index >= 15 is 0 Å². The van der Waals surface area contributed by atoms with Crippen LogP contribution in [0.3, 0.4) is 0 Å². The molecule has 0 saturated heterocycles. The number of aromatic carboxylic acids is 1. The number of nitrogens with two attached hydrogens (primary N) is 1. The van der Waals surface area contributed by atoms with Crippen LogP contribution >= 0.6 is 23.2 Å². The van der Waals surface area contributed by atoms with Gasteiger partial charge in [0, 0.05) is 16.3 Å². The molecule has 0 aliphatic heterocycles. The van der Waals surface area contributed by atoms with E-state index < -0.39 is 11.9 Å². The zero-order valence-electron chi connectivity index (χ0n) is 10.6. The highest BCUT2D eigenvalue weighted by Gasteiger charge is 2.11. The first-order valence-corrected chi connectivity index (χ1v) is 6.52. The molecular formula is C14H10Cl2N2O3. The lowest BCUT2D eigenvalue weighted by Crippen LogP contribution is -2.13. The highest BCUT2D eigenvalue weighted by Crippen LogP contribution is 2.22. The van der Waals surface area contributed by atoms with Gasteiger partial charge in [-0.25, -0.2) is 4.79 Å². The Kier molecular flexibility index (Phi) is 4.35. The van der Waals surface area contributed by atoms with Crippen molar-refractivity contribution in [2.24, 2.45) is 0 Å². The van der Waals surface area contributed by atoms with Crippen molar-refractivity contribution in [3.63, 3.8) is 0 Å². The van der Waals surface area contributed by atoms with Crippen LogP contribution in [0.4, 0.5) is 11.4 Å². The Balaban J connectivity index is 2.27. The van der Waals surface area contributed by atoms with Crippen LogP contribution in [-0.2, 0) is 0 Å². The van der Waals surface area contributed by atoms with Crippen molar-refractivity contribution in [2.75, 3.05) is 11.1 Å². The zero-order valence-corrected chi connectivity index (χ0v) is 12.1. The Morgan fingerprint density at radius 2 is 1.76 bits per heavy atom. The minimum atomic E-state index is -1.14. The molecule has 5 nitrogen and oxygen atoms in total. The van der Waals surface area contributed by atoms with Gasteiger partial charge in [0.05, 0.1) is 16.3 Å². The Morgan fingerprint density at radius 1 is 1.05 bits per heavy atom. The predicted octanol–water partition coefficient (Wildman–Crippen LogP) is 3.53. The first-order valence-electron chi connectivity index (χ1n) is 5.77. The zero-order chi connectivity index (χ0) is 15.6. The summed E-state index contributed by atoms with van der Waals surface area (Å²) in [4.78, 5) is 23.0. The molecule has 2 aromatic rings. The van der Waals surface area contributed by atoms with Crippen molar-refractivity contribution in [1.82, 2.24) is 0 Å². The van der Waals surface area contributed by atoms with E-state index in [4.69, 9.17) is 34.0 Å². The fraction of sp³-hybridized carbons (Fsp3) is 0. The van der Waals surface area contributed by atoms with Crippen molar-refractivity contribution in [3.8, 4) is 0 Å². The molecule has 2 aromatic carbocycles. The van der Waals surface area contributed by atoms with Crippen LogP contribution in [0.25, 0.3) is 0 Å². The molecule has 0 unspecified atom stereocenters. The smallest absolute Gasteiger partial charge is 0.335 e. The fourth-order valence-corrected chi connectivity index (χ4v) is 2.03. The summed E-state index contributed by atoms with van der Waals surface area (Å²) < 4.78 is 0. The van der Waals surface area contributed by atoms with Gasteiger partial charge in [0.25, 0.3) is 5.91 Å². The molecular weight excluding hydrogens is 315 g/mol. The number of amides is 1. The van der Waals surface area contributed by atoms with Crippen molar-refractivity contribution in [2.45, 2.75) is 0 Å².